The summed E-state index contributed by atoms with van der Waals surface area (Å²) in [6, 6.07) is 11.7. The van der Waals surface area contributed by atoms with Crippen LogP contribution in [0.2, 0.25) is 0 Å². The van der Waals surface area contributed by atoms with Crippen LogP contribution in [0.3, 0.4) is 0 Å². The molecular weight excluding hydrogens is 323 g/mol. The van der Waals surface area contributed by atoms with Crippen LogP contribution in [-0.2, 0) is 6.54 Å². The van der Waals surface area contributed by atoms with E-state index in [1.807, 2.05) is 12.1 Å². The fraction of sp³-hybridized carbons (Fsp3) is 0.133. The first-order valence-corrected chi connectivity index (χ1v) is 6.81. The minimum absolute atomic E-state index is 0.0552. The van der Waals surface area contributed by atoms with Gasteiger partial charge < -0.3 is 10.6 Å². The molecule has 104 valence electrons. The molecule has 0 radical (unpaired) electrons. The van der Waals surface area contributed by atoms with Crippen LogP contribution in [0.4, 0.5) is 10.1 Å². The van der Waals surface area contributed by atoms with E-state index in [4.69, 9.17) is 5.73 Å². The molecular formula is C15H14BrFN2O. The number of hydrogen-bond donors (Lipinski definition) is 1. The number of carbonyl (C=O) groups excluding carboxylic acids is 1. The van der Waals surface area contributed by atoms with Gasteiger partial charge in [0.15, 0.2) is 0 Å². The van der Waals surface area contributed by atoms with Crippen molar-refractivity contribution in [3.63, 3.8) is 0 Å². The Morgan fingerprint density at radius 1 is 1.30 bits per heavy atom. The Labute approximate surface area is 125 Å². The fourth-order valence-corrected chi connectivity index (χ4v) is 2.24. The molecule has 0 aromatic heterocycles. The average molecular weight is 337 g/mol. The Morgan fingerprint density at radius 3 is 2.70 bits per heavy atom. The summed E-state index contributed by atoms with van der Waals surface area (Å²) in [6.45, 7) is 0.374. The van der Waals surface area contributed by atoms with Crippen molar-refractivity contribution in [2.45, 2.75) is 6.54 Å². The maximum Gasteiger partial charge on any atom is 0.256 e. The van der Waals surface area contributed by atoms with Crippen molar-refractivity contribution in [3.05, 3.63) is 63.9 Å². The third-order valence-corrected chi connectivity index (χ3v) is 3.37. The Balaban J connectivity index is 2.16. The first-order chi connectivity index (χ1) is 9.47. The fourth-order valence-electron chi connectivity index (χ4n) is 1.91. The van der Waals surface area contributed by atoms with Crippen LogP contribution in [0.25, 0.3) is 0 Å². The lowest BCUT2D eigenvalue weighted by molar-refractivity contribution is 0.0780. The molecule has 0 atom stereocenters. The molecule has 0 aliphatic rings. The zero-order chi connectivity index (χ0) is 14.7. The quantitative estimate of drug-likeness (QED) is 0.872. The number of nitrogens with two attached hydrogens (primary N) is 1. The van der Waals surface area contributed by atoms with E-state index in [1.54, 1.807) is 25.2 Å². The number of rotatable bonds is 3. The highest BCUT2D eigenvalue weighted by atomic mass is 79.9. The van der Waals surface area contributed by atoms with Crippen LogP contribution in [0.1, 0.15) is 15.9 Å². The van der Waals surface area contributed by atoms with Gasteiger partial charge in [0.05, 0.1) is 5.56 Å². The lowest BCUT2D eigenvalue weighted by Gasteiger charge is -2.18. The van der Waals surface area contributed by atoms with Crippen LogP contribution in [-0.4, -0.2) is 17.9 Å². The second kappa shape index (κ2) is 6.05. The normalized spacial score (nSPS) is 10.3. The second-order valence-electron chi connectivity index (χ2n) is 4.53. The number of nitrogen functional groups attached to an aromatic ring is 1. The molecule has 1 amide bonds. The zero-order valence-corrected chi connectivity index (χ0v) is 12.5. The summed E-state index contributed by atoms with van der Waals surface area (Å²) in [5.41, 5.74) is 7.29. The van der Waals surface area contributed by atoms with Gasteiger partial charge in [-0.1, -0.05) is 28.1 Å². The number of halogens is 2. The van der Waals surface area contributed by atoms with Crippen LogP contribution in [0.15, 0.2) is 46.9 Å². The van der Waals surface area contributed by atoms with Crippen molar-refractivity contribution in [2.75, 3.05) is 12.8 Å². The molecule has 0 spiro atoms. The average Bonchev–Trinajstić information content (AvgIpc) is 2.38. The monoisotopic (exact) mass is 336 g/mol. The summed E-state index contributed by atoms with van der Waals surface area (Å²) >= 11 is 3.17. The van der Waals surface area contributed by atoms with Crippen LogP contribution < -0.4 is 5.73 Å². The van der Waals surface area contributed by atoms with Gasteiger partial charge >= 0.3 is 0 Å². The molecule has 0 saturated heterocycles. The first-order valence-electron chi connectivity index (χ1n) is 6.02. The van der Waals surface area contributed by atoms with Crippen LogP contribution in [0, 0.1) is 5.82 Å². The summed E-state index contributed by atoms with van der Waals surface area (Å²) < 4.78 is 14.4. The molecule has 0 aliphatic heterocycles. The summed E-state index contributed by atoms with van der Waals surface area (Å²) in [4.78, 5) is 13.7. The number of benzene rings is 2. The SMILES string of the molecule is CN(Cc1cccc(N)c1)C(=O)c1ccc(Br)cc1F. The van der Waals surface area contributed by atoms with E-state index in [0.29, 0.717) is 16.7 Å². The van der Waals surface area contributed by atoms with E-state index in [2.05, 4.69) is 15.9 Å². The van der Waals surface area contributed by atoms with Gasteiger partial charge in [-0.3, -0.25) is 4.79 Å². The Bertz CT molecular complexity index is 646. The molecule has 2 aromatic rings. The molecule has 0 fully saturated rings. The molecule has 0 saturated carbocycles. The molecule has 2 N–H and O–H groups in total. The minimum atomic E-state index is -0.538. The lowest BCUT2D eigenvalue weighted by Crippen LogP contribution is -2.27. The smallest absolute Gasteiger partial charge is 0.256 e. The number of amides is 1. The number of hydrogen-bond acceptors (Lipinski definition) is 2. The van der Waals surface area contributed by atoms with Crippen molar-refractivity contribution in [3.8, 4) is 0 Å². The van der Waals surface area contributed by atoms with Gasteiger partial charge in [-0.2, -0.15) is 0 Å². The third kappa shape index (κ3) is 3.36. The second-order valence-corrected chi connectivity index (χ2v) is 5.45. The van der Waals surface area contributed by atoms with Crippen molar-refractivity contribution in [1.82, 2.24) is 4.90 Å². The van der Waals surface area contributed by atoms with E-state index >= 15 is 0 Å². The van der Waals surface area contributed by atoms with Gasteiger partial charge in [0.25, 0.3) is 5.91 Å². The molecule has 0 aliphatic carbocycles. The number of nitrogens with zero attached hydrogens (tertiary/aromatic N) is 1. The molecule has 0 heterocycles. The van der Waals surface area contributed by atoms with Crippen molar-refractivity contribution < 1.29 is 9.18 Å². The lowest BCUT2D eigenvalue weighted by atomic mass is 10.1. The topological polar surface area (TPSA) is 46.3 Å². The minimum Gasteiger partial charge on any atom is -0.399 e. The van der Waals surface area contributed by atoms with Crippen LogP contribution in [0.5, 0.6) is 0 Å². The highest BCUT2D eigenvalue weighted by Crippen LogP contribution is 2.17. The van der Waals surface area contributed by atoms with Gasteiger partial charge in [-0.05, 0) is 35.9 Å². The molecule has 2 rings (SSSR count). The van der Waals surface area contributed by atoms with Crippen molar-refractivity contribution in [2.24, 2.45) is 0 Å². The predicted molar refractivity (Wildman–Crippen MR) is 80.8 cm³/mol. The van der Waals surface area contributed by atoms with Gasteiger partial charge in [0.1, 0.15) is 5.82 Å². The molecule has 2 aromatic carbocycles. The molecule has 0 unspecified atom stereocenters. The summed E-state index contributed by atoms with van der Waals surface area (Å²) in [5, 5.41) is 0. The maximum atomic E-state index is 13.8. The number of carbonyl (C=O) groups is 1. The third-order valence-electron chi connectivity index (χ3n) is 2.88. The van der Waals surface area contributed by atoms with Crippen molar-refractivity contribution >= 4 is 27.5 Å². The number of anilines is 1. The van der Waals surface area contributed by atoms with E-state index in [9.17, 15) is 9.18 Å². The maximum absolute atomic E-state index is 13.8. The molecule has 20 heavy (non-hydrogen) atoms. The van der Waals surface area contributed by atoms with Gasteiger partial charge in [0, 0.05) is 23.8 Å². The van der Waals surface area contributed by atoms with E-state index in [1.165, 1.54) is 17.0 Å². The van der Waals surface area contributed by atoms with Gasteiger partial charge in [-0.15, -0.1) is 0 Å². The van der Waals surface area contributed by atoms with E-state index in [0.717, 1.165) is 5.56 Å². The highest BCUT2D eigenvalue weighted by Gasteiger charge is 2.16. The Hall–Kier alpha value is -1.88. The largest absolute Gasteiger partial charge is 0.399 e. The van der Waals surface area contributed by atoms with E-state index < -0.39 is 5.82 Å². The molecule has 0 bridgehead atoms. The predicted octanol–water partition coefficient (Wildman–Crippen LogP) is 3.44. The summed E-state index contributed by atoms with van der Waals surface area (Å²) in [6.07, 6.45) is 0. The Morgan fingerprint density at radius 2 is 2.05 bits per heavy atom. The summed E-state index contributed by atoms with van der Waals surface area (Å²) in [5.74, 6) is -0.902. The highest BCUT2D eigenvalue weighted by molar-refractivity contribution is 9.10. The zero-order valence-electron chi connectivity index (χ0n) is 10.9. The van der Waals surface area contributed by atoms with Crippen molar-refractivity contribution in [1.29, 1.82) is 0 Å². The summed E-state index contributed by atoms with van der Waals surface area (Å²) in [7, 11) is 1.63. The van der Waals surface area contributed by atoms with Gasteiger partial charge in [-0.25, -0.2) is 4.39 Å². The van der Waals surface area contributed by atoms with Gasteiger partial charge in [0.2, 0.25) is 0 Å². The van der Waals surface area contributed by atoms with Crippen LogP contribution >= 0.6 is 15.9 Å². The van der Waals surface area contributed by atoms with E-state index in [-0.39, 0.29) is 11.5 Å². The standard InChI is InChI=1S/C15H14BrFN2O/c1-19(9-10-3-2-4-12(18)7-10)15(20)13-6-5-11(16)8-14(13)17/h2-8H,9,18H2,1H3. The molecule has 5 heteroatoms. The first kappa shape index (κ1) is 14.5. The Kier molecular flexibility index (Phi) is 4.39. The molecule has 3 nitrogen and oxygen atoms in total.